The minimum atomic E-state index is -2.51. The van der Waals surface area contributed by atoms with Crippen LogP contribution in [0.25, 0.3) is 0 Å². The van der Waals surface area contributed by atoms with Crippen LogP contribution in [0.4, 0.5) is 14.5 Å². The Labute approximate surface area is 95.8 Å². The molecule has 0 spiro atoms. The van der Waals surface area contributed by atoms with Crippen molar-refractivity contribution in [3.8, 4) is 0 Å². The number of nitrogens with zero attached hydrogens (tertiary/aromatic N) is 2. The Morgan fingerprint density at radius 2 is 2.18 bits per heavy atom. The molecule has 1 heterocycles. The number of nitrogens with one attached hydrogen (secondary N) is 1. The minimum Gasteiger partial charge on any atom is -0.296 e. The maximum Gasteiger partial charge on any atom is 0.263 e. The highest BCUT2D eigenvalue weighted by molar-refractivity contribution is 5.71. The second-order valence-corrected chi connectivity index (χ2v) is 3.34. The standard InChI is InChI=1S/C11H9F2N3O/c12-11(13)8-2-1-3-9(6-8)14-16-5-4-10(7-17)15-16/h1-7,11,14H. The van der Waals surface area contributed by atoms with Gasteiger partial charge in [0.25, 0.3) is 6.43 Å². The van der Waals surface area contributed by atoms with Gasteiger partial charge in [0, 0.05) is 11.8 Å². The monoisotopic (exact) mass is 237 g/mol. The van der Waals surface area contributed by atoms with Crippen molar-refractivity contribution in [1.29, 1.82) is 0 Å². The Bertz CT molecular complexity index is 525. The number of aldehydes is 1. The molecule has 0 saturated heterocycles. The van der Waals surface area contributed by atoms with Gasteiger partial charge in [-0.05, 0) is 18.2 Å². The fourth-order valence-corrected chi connectivity index (χ4v) is 1.34. The van der Waals surface area contributed by atoms with Crippen molar-refractivity contribution >= 4 is 12.0 Å². The van der Waals surface area contributed by atoms with Crippen molar-refractivity contribution < 1.29 is 13.6 Å². The molecule has 2 aromatic rings. The van der Waals surface area contributed by atoms with E-state index in [2.05, 4.69) is 10.5 Å². The summed E-state index contributed by atoms with van der Waals surface area (Å²) in [4.78, 5) is 11.7. The fourth-order valence-electron chi connectivity index (χ4n) is 1.34. The summed E-state index contributed by atoms with van der Waals surface area (Å²) in [5, 5.41) is 3.85. The Hall–Kier alpha value is -2.24. The van der Waals surface area contributed by atoms with Crippen LogP contribution in [-0.4, -0.2) is 16.2 Å². The van der Waals surface area contributed by atoms with Crippen LogP contribution >= 0.6 is 0 Å². The fraction of sp³-hybridized carbons (Fsp3) is 0.0909. The molecule has 4 nitrogen and oxygen atoms in total. The SMILES string of the molecule is O=Cc1ccn(Nc2cccc(C(F)F)c2)n1. The van der Waals surface area contributed by atoms with E-state index in [1.165, 1.54) is 35.3 Å². The van der Waals surface area contributed by atoms with Gasteiger partial charge in [0.15, 0.2) is 6.29 Å². The summed E-state index contributed by atoms with van der Waals surface area (Å²) < 4.78 is 24.9. The largest absolute Gasteiger partial charge is 0.296 e. The second-order valence-electron chi connectivity index (χ2n) is 3.34. The van der Waals surface area contributed by atoms with E-state index < -0.39 is 6.43 Å². The molecule has 0 radical (unpaired) electrons. The molecule has 0 aliphatic heterocycles. The molecule has 0 aliphatic rings. The Morgan fingerprint density at radius 3 is 2.82 bits per heavy atom. The number of halogens is 2. The van der Waals surface area contributed by atoms with E-state index in [4.69, 9.17) is 0 Å². The van der Waals surface area contributed by atoms with Crippen LogP contribution in [0.1, 0.15) is 22.5 Å². The summed E-state index contributed by atoms with van der Waals surface area (Å²) in [5.74, 6) is 0. The zero-order valence-electron chi connectivity index (χ0n) is 8.68. The molecule has 1 aromatic carbocycles. The average molecular weight is 237 g/mol. The number of benzene rings is 1. The summed E-state index contributed by atoms with van der Waals surface area (Å²) in [6.45, 7) is 0. The topological polar surface area (TPSA) is 46.9 Å². The van der Waals surface area contributed by atoms with E-state index >= 15 is 0 Å². The molecule has 6 heteroatoms. The van der Waals surface area contributed by atoms with Crippen LogP contribution in [-0.2, 0) is 0 Å². The quantitative estimate of drug-likeness (QED) is 0.831. The van der Waals surface area contributed by atoms with Gasteiger partial charge in [-0.2, -0.15) is 4.79 Å². The molecule has 1 N–H and O–H groups in total. The molecule has 2 rings (SSSR count). The van der Waals surface area contributed by atoms with E-state index in [0.29, 0.717) is 12.0 Å². The summed E-state index contributed by atoms with van der Waals surface area (Å²) in [6.07, 6.45) is -0.382. The molecular formula is C11H9F2N3O. The normalized spacial score (nSPS) is 10.5. The number of hydrogen-bond donors (Lipinski definition) is 1. The molecule has 1 aromatic heterocycles. The Morgan fingerprint density at radius 1 is 1.35 bits per heavy atom. The molecule has 17 heavy (non-hydrogen) atoms. The number of rotatable bonds is 4. The van der Waals surface area contributed by atoms with E-state index in [-0.39, 0.29) is 11.3 Å². The highest BCUT2D eigenvalue weighted by Crippen LogP contribution is 2.21. The highest BCUT2D eigenvalue weighted by Gasteiger charge is 2.07. The van der Waals surface area contributed by atoms with Gasteiger partial charge in [0.2, 0.25) is 0 Å². The van der Waals surface area contributed by atoms with Gasteiger partial charge in [-0.1, -0.05) is 12.1 Å². The lowest BCUT2D eigenvalue weighted by molar-refractivity contribution is 0.111. The van der Waals surface area contributed by atoms with Gasteiger partial charge >= 0.3 is 0 Å². The highest BCUT2D eigenvalue weighted by atomic mass is 19.3. The lowest BCUT2D eigenvalue weighted by atomic mass is 10.2. The lowest BCUT2D eigenvalue weighted by Crippen LogP contribution is -2.10. The molecule has 0 unspecified atom stereocenters. The van der Waals surface area contributed by atoms with Crippen LogP contribution in [0.15, 0.2) is 36.5 Å². The Balaban J connectivity index is 2.17. The Kier molecular flexibility index (Phi) is 3.13. The third kappa shape index (κ3) is 2.66. The maximum absolute atomic E-state index is 12.4. The molecule has 0 saturated carbocycles. The number of alkyl halides is 2. The van der Waals surface area contributed by atoms with E-state index in [1.54, 1.807) is 6.07 Å². The smallest absolute Gasteiger partial charge is 0.263 e. The molecule has 0 amide bonds. The summed E-state index contributed by atoms with van der Waals surface area (Å²) in [7, 11) is 0. The van der Waals surface area contributed by atoms with Gasteiger partial charge in [-0.25, -0.2) is 8.78 Å². The third-order valence-corrected chi connectivity index (χ3v) is 2.11. The van der Waals surface area contributed by atoms with Gasteiger partial charge < -0.3 is 0 Å². The van der Waals surface area contributed by atoms with Crippen LogP contribution < -0.4 is 5.43 Å². The van der Waals surface area contributed by atoms with Crippen LogP contribution in [0.3, 0.4) is 0 Å². The van der Waals surface area contributed by atoms with Crippen molar-refractivity contribution in [3.05, 3.63) is 47.8 Å². The number of carbonyl (C=O) groups excluding carboxylic acids is 1. The van der Waals surface area contributed by atoms with Crippen LogP contribution in [0.2, 0.25) is 0 Å². The van der Waals surface area contributed by atoms with Crippen molar-refractivity contribution in [3.63, 3.8) is 0 Å². The first kappa shape index (κ1) is 11.3. The number of carbonyl (C=O) groups is 1. The zero-order valence-corrected chi connectivity index (χ0v) is 8.68. The average Bonchev–Trinajstić information content (AvgIpc) is 2.77. The van der Waals surface area contributed by atoms with E-state index in [1.807, 2.05) is 0 Å². The first-order valence-corrected chi connectivity index (χ1v) is 4.85. The maximum atomic E-state index is 12.4. The van der Waals surface area contributed by atoms with Crippen molar-refractivity contribution in [2.75, 3.05) is 5.43 Å². The van der Waals surface area contributed by atoms with Gasteiger partial charge in [0.05, 0.1) is 5.69 Å². The zero-order chi connectivity index (χ0) is 12.3. The molecule has 0 aliphatic carbocycles. The molecule has 0 bridgehead atoms. The predicted molar refractivity (Wildman–Crippen MR) is 58.0 cm³/mol. The molecular weight excluding hydrogens is 228 g/mol. The first-order chi connectivity index (χ1) is 8.19. The predicted octanol–water partition coefficient (Wildman–Crippen LogP) is 2.51. The van der Waals surface area contributed by atoms with Crippen molar-refractivity contribution in [1.82, 2.24) is 9.89 Å². The van der Waals surface area contributed by atoms with Crippen molar-refractivity contribution in [2.24, 2.45) is 0 Å². The first-order valence-electron chi connectivity index (χ1n) is 4.85. The molecule has 0 fully saturated rings. The van der Waals surface area contributed by atoms with Crippen molar-refractivity contribution in [2.45, 2.75) is 6.43 Å². The third-order valence-electron chi connectivity index (χ3n) is 2.11. The van der Waals surface area contributed by atoms with Gasteiger partial charge in [-0.3, -0.25) is 10.2 Å². The van der Waals surface area contributed by atoms with E-state index in [0.717, 1.165) is 0 Å². The van der Waals surface area contributed by atoms with Crippen LogP contribution in [0, 0.1) is 0 Å². The molecule has 0 atom stereocenters. The van der Waals surface area contributed by atoms with Crippen LogP contribution in [0.5, 0.6) is 0 Å². The van der Waals surface area contributed by atoms with Gasteiger partial charge in [-0.15, -0.1) is 5.10 Å². The number of hydrogen-bond acceptors (Lipinski definition) is 3. The minimum absolute atomic E-state index is 0.0715. The second kappa shape index (κ2) is 4.73. The lowest BCUT2D eigenvalue weighted by Gasteiger charge is -2.07. The number of anilines is 1. The van der Waals surface area contributed by atoms with Gasteiger partial charge in [0.1, 0.15) is 5.69 Å². The summed E-state index contributed by atoms with van der Waals surface area (Å²) in [5.41, 5.74) is 3.44. The van der Waals surface area contributed by atoms with E-state index in [9.17, 15) is 13.6 Å². The summed E-state index contributed by atoms with van der Waals surface area (Å²) in [6, 6.07) is 7.34. The summed E-state index contributed by atoms with van der Waals surface area (Å²) >= 11 is 0. The number of aromatic nitrogens is 2. The molecule has 88 valence electrons.